The molecule has 0 aliphatic carbocycles. The van der Waals surface area contributed by atoms with Crippen molar-refractivity contribution in [2.24, 2.45) is 9.98 Å². The molecule has 3 heterocycles. The van der Waals surface area contributed by atoms with Crippen molar-refractivity contribution in [2.45, 2.75) is 6.92 Å². The molecule has 2 aliphatic heterocycles. The van der Waals surface area contributed by atoms with Gasteiger partial charge in [-0.25, -0.2) is 4.99 Å². The molecule has 1 amide bonds. The molecule has 2 aliphatic rings. The number of hydrogen-bond acceptors (Lipinski definition) is 6. The van der Waals surface area contributed by atoms with Gasteiger partial charge >= 0.3 is 0 Å². The Labute approximate surface area is 149 Å². The van der Waals surface area contributed by atoms with Crippen molar-refractivity contribution < 1.29 is 13.9 Å². The zero-order chi connectivity index (χ0) is 17.6. The number of amidine groups is 1. The molecule has 0 bridgehead atoms. The van der Waals surface area contributed by atoms with E-state index in [9.17, 15) is 4.79 Å². The fraction of sp³-hybridized carbons (Fsp3) is 0.235. The molecule has 0 saturated heterocycles. The summed E-state index contributed by atoms with van der Waals surface area (Å²) >= 11 is 6.03. The maximum Gasteiger partial charge on any atom is 0.260 e. The van der Waals surface area contributed by atoms with Crippen LogP contribution in [0, 0.1) is 6.92 Å². The number of aryl methyl sites for hydroxylation is 1. The van der Waals surface area contributed by atoms with Crippen LogP contribution in [0.5, 0.6) is 5.75 Å². The molecule has 128 valence electrons. The van der Waals surface area contributed by atoms with Crippen molar-refractivity contribution in [1.82, 2.24) is 4.90 Å². The van der Waals surface area contributed by atoms with Gasteiger partial charge < -0.3 is 19.4 Å². The summed E-state index contributed by atoms with van der Waals surface area (Å²) < 4.78 is 10.9. The number of nitrogens with one attached hydrogen (secondary N) is 1. The second-order valence-electron chi connectivity index (χ2n) is 5.66. The predicted molar refractivity (Wildman–Crippen MR) is 95.7 cm³/mol. The van der Waals surface area contributed by atoms with Crippen LogP contribution in [0.1, 0.15) is 21.7 Å². The Balaban J connectivity index is 1.74. The van der Waals surface area contributed by atoms with E-state index in [1.165, 1.54) is 7.11 Å². The standard InChI is InChI=1S/C17H15ClN4O3/c1-9-13(14-15-19-5-6-22(15)8-20-17(14)25-9)16(23)21-11-7-10(18)3-4-12(11)24-2/h3-4,7-8H,5-6H2,1-2H3,(H,21,23). The normalized spacial score (nSPS) is 14.8. The number of hydrogen-bond donors (Lipinski definition) is 1. The highest BCUT2D eigenvalue weighted by Gasteiger charge is 2.33. The average Bonchev–Trinajstić information content (AvgIpc) is 3.17. The molecule has 1 N–H and O–H groups in total. The molecule has 7 nitrogen and oxygen atoms in total. The number of amides is 1. The van der Waals surface area contributed by atoms with E-state index in [2.05, 4.69) is 15.3 Å². The van der Waals surface area contributed by atoms with Gasteiger partial charge in [0.25, 0.3) is 5.91 Å². The lowest BCUT2D eigenvalue weighted by atomic mass is 10.1. The van der Waals surface area contributed by atoms with Crippen LogP contribution in [0.2, 0.25) is 5.02 Å². The number of aliphatic imine (C=N–C) groups is 2. The molecule has 0 fully saturated rings. The van der Waals surface area contributed by atoms with E-state index < -0.39 is 0 Å². The topological polar surface area (TPSA) is 79.4 Å². The number of anilines is 1. The molecule has 0 spiro atoms. The van der Waals surface area contributed by atoms with Crippen LogP contribution < -0.4 is 10.1 Å². The van der Waals surface area contributed by atoms with Gasteiger partial charge in [-0.15, -0.1) is 0 Å². The lowest BCUT2D eigenvalue weighted by molar-refractivity contribution is 0.102. The van der Waals surface area contributed by atoms with Gasteiger partial charge in [0, 0.05) is 11.6 Å². The molecule has 2 aromatic rings. The third kappa shape index (κ3) is 2.56. The number of ether oxygens (including phenoxy) is 1. The second-order valence-corrected chi connectivity index (χ2v) is 6.09. The molecule has 4 rings (SSSR count). The van der Waals surface area contributed by atoms with E-state index in [0.717, 1.165) is 6.54 Å². The number of methoxy groups -OCH3 is 1. The summed E-state index contributed by atoms with van der Waals surface area (Å²) in [5, 5.41) is 3.34. The van der Waals surface area contributed by atoms with Crippen molar-refractivity contribution in [3.8, 4) is 5.75 Å². The number of rotatable bonds is 3. The molecular weight excluding hydrogens is 344 g/mol. The minimum Gasteiger partial charge on any atom is -0.495 e. The summed E-state index contributed by atoms with van der Waals surface area (Å²) in [7, 11) is 1.53. The van der Waals surface area contributed by atoms with Crippen molar-refractivity contribution >= 4 is 41.3 Å². The summed E-state index contributed by atoms with van der Waals surface area (Å²) in [4.78, 5) is 23.6. The quantitative estimate of drug-likeness (QED) is 0.913. The summed E-state index contributed by atoms with van der Waals surface area (Å²) in [6, 6.07) is 5.03. The van der Waals surface area contributed by atoms with Crippen LogP contribution in [0.3, 0.4) is 0 Å². The van der Waals surface area contributed by atoms with Crippen molar-refractivity contribution in [2.75, 3.05) is 25.5 Å². The van der Waals surface area contributed by atoms with Crippen LogP contribution in [0.15, 0.2) is 32.6 Å². The first-order valence-electron chi connectivity index (χ1n) is 7.72. The van der Waals surface area contributed by atoms with Crippen LogP contribution in [0.4, 0.5) is 11.6 Å². The largest absolute Gasteiger partial charge is 0.495 e. The molecule has 1 aromatic carbocycles. The SMILES string of the molecule is COc1ccc(Cl)cc1NC(=O)c1c(C)oc2c1C1=NCCN1C=N2. The summed E-state index contributed by atoms with van der Waals surface area (Å²) in [6.07, 6.45) is 1.68. The highest BCUT2D eigenvalue weighted by atomic mass is 35.5. The van der Waals surface area contributed by atoms with Gasteiger partial charge in [-0.1, -0.05) is 11.6 Å². The molecule has 0 radical (unpaired) electrons. The van der Waals surface area contributed by atoms with Gasteiger partial charge in [-0.05, 0) is 25.1 Å². The maximum atomic E-state index is 12.9. The number of nitrogens with zero attached hydrogens (tertiary/aromatic N) is 3. The Kier molecular flexibility index (Phi) is 3.73. The minimum absolute atomic E-state index is 0.324. The molecular formula is C17H15ClN4O3. The smallest absolute Gasteiger partial charge is 0.260 e. The molecule has 0 atom stereocenters. The molecule has 0 saturated carbocycles. The lowest BCUT2D eigenvalue weighted by Crippen LogP contribution is -2.30. The van der Waals surface area contributed by atoms with E-state index >= 15 is 0 Å². The number of carbonyl (C=O) groups excluding carboxylic acids is 1. The Morgan fingerprint density at radius 2 is 2.28 bits per heavy atom. The average molecular weight is 359 g/mol. The van der Waals surface area contributed by atoms with Crippen molar-refractivity contribution in [1.29, 1.82) is 0 Å². The Morgan fingerprint density at radius 3 is 3.08 bits per heavy atom. The van der Waals surface area contributed by atoms with Crippen LogP contribution in [-0.2, 0) is 0 Å². The Morgan fingerprint density at radius 1 is 1.44 bits per heavy atom. The maximum absolute atomic E-state index is 12.9. The van der Waals surface area contributed by atoms with Crippen LogP contribution in [0.25, 0.3) is 0 Å². The van der Waals surface area contributed by atoms with Crippen molar-refractivity contribution in [3.63, 3.8) is 0 Å². The highest BCUT2D eigenvalue weighted by molar-refractivity contribution is 6.31. The van der Waals surface area contributed by atoms with Crippen LogP contribution in [-0.4, -0.2) is 43.2 Å². The van der Waals surface area contributed by atoms with Gasteiger partial charge in [0.15, 0.2) is 0 Å². The first kappa shape index (κ1) is 15.7. The fourth-order valence-corrected chi connectivity index (χ4v) is 3.15. The molecule has 25 heavy (non-hydrogen) atoms. The molecule has 1 aromatic heterocycles. The Hall–Kier alpha value is -2.80. The third-order valence-corrected chi connectivity index (χ3v) is 4.35. The highest BCUT2D eigenvalue weighted by Crippen LogP contribution is 2.35. The number of furan rings is 1. The second kappa shape index (κ2) is 5.93. The number of fused-ring (bicyclic) bond motifs is 3. The first-order chi connectivity index (χ1) is 12.1. The zero-order valence-corrected chi connectivity index (χ0v) is 14.4. The third-order valence-electron chi connectivity index (χ3n) is 4.11. The van der Waals surface area contributed by atoms with Gasteiger partial charge in [0.2, 0.25) is 5.88 Å². The van der Waals surface area contributed by atoms with Gasteiger partial charge in [-0.2, -0.15) is 0 Å². The first-order valence-corrected chi connectivity index (χ1v) is 8.10. The van der Waals surface area contributed by atoms with Gasteiger partial charge in [0.1, 0.15) is 23.7 Å². The molecule has 8 heteroatoms. The number of carbonyl (C=O) groups is 1. The lowest BCUT2D eigenvalue weighted by Gasteiger charge is -2.18. The summed E-state index contributed by atoms with van der Waals surface area (Å²) in [5.74, 6) is 1.79. The fourth-order valence-electron chi connectivity index (χ4n) is 2.98. The Bertz CT molecular complexity index is 932. The predicted octanol–water partition coefficient (Wildman–Crippen LogP) is 3.24. The minimum atomic E-state index is -0.324. The van der Waals surface area contributed by atoms with Gasteiger partial charge in [0.05, 0.1) is 30.5 Å². The van der Waals surface area contributed by atoms with E-state index in [1.807, 2.05) is 4.90 Å². The van der Waals surface area contributed by atoms with E-state index in [-0.39, 0.29) is 5.91 Å². The summed E-state index contributed by atoms with van der Waals surface area (Å²) in [6.45, 7) is 3.14. The number of halogens is 1. The van der Waals surface area contributed by atoms with Crippen molar-refractivity contribution in [3.05, 3.63) is 40.1 Å². The van der Waals surface area contributed by atoms with Gasteiger partial charge in [-0.3, -0.25) is 9.79 Å². The van der Waals surface area contributed by atoms with Crippen LogP contribution >= 0.6 is 11.6 Å². The number of benzene rings is 1. The zero-order valence-electron chi connectivity index (χ0n) is 13.7. The van der Waals surface area contributed by atoms with E-state index in [1.54, 1.807) is 31.5 Å². The van der Waals surface area contributed by atoms with E-state index in [0.29, 0.717) is 51.6 Å². The monoisotopic (exact) mass is 358 g/mol. The summed E-state index contributed by atoms with van der Waals surface area (Å²) in [5.41, 5.74) is 1.52. The van der Waals surface area contributed by atoms with E-state index in [4.69, 9.17) is 20.8 Å². The molecule has 0 unspecified atom stereocenters.